The van der Waals surface area contributed by atoms with Crippen LogP contribution < -0.4 is 16.4 Å². The van der Waals surface area contributed by atoms with Gasteiger partial charge in [0.1, 0.15) is 0 Å². The lowest BCUT2D eigenvalue weighted by Gasteiger charge is -2.32. The van der Waals surface area contributed by atoms with Crippen LogP contribution >= 0.6 is 0 Å². The summed E-state index contributed by atoms with van der Waals surface area (Å²) >= 11 is 0. The maximum atomic E-state index is 12.2. The predicted octanol–water partition coefficient (Wildman–Crippen LogP) is 3.60. The molecular formula is C25H38N8O. The summed E-state index contributed by atoms with van der Waals surface area (Å²) < 4.78 is 2.26. The number of piperidine rings is 1. The van der Waals surface area contributed by atoms with E-state index in [2.05, 4.69) is 15.2 Å². The first-order valence-corrected chi connectivity index (χ1v) is 13.1. The van der Waals surface area contributed by atoms with Crippen LogP contribution in [0.15, 0.2) is 18.5 Å². The quantitative estimate of drug-likeness (QED) is 0.557. The maximum absolute atomic E-state index is 12.2. The van der Waals surface area contributed by atoms with Gasteiger partial charge in [-0.15, -0.1) is 0 Å². The molecule has 0 radical (unpaired) electrons. The zero-order chi connectivity index (χ0) is 23.5. The molecule has 3 aliphatic rings. The van der Waals surface area contributed by atoms with Gasteiger partial charge in [0.15, 0.2) is 17.0 Å². The molecule has 0 unspecified atom stereocenters. The smallest absolute Gasteiger partial charge is 0.246 e. The zero-order valence-electron chi connectivity index (χ0n) is 20.2. The molecule has 2 aliphatic carbocycles. The lowest BCUT2D eigenvalue weighted by atomic mass is 9.92. The SMILES string of the molecule is CC=CC(=O)N1CCC(Nc2nc(NC3CCC(N)CC3)nc3c2ncn3C2CCCC2)CC1. The summed E-state index contributed by atoms with van der Waals surface area (Å²) in [7, 11) is 0. The fraction of sp³-hybridized carbons (Fsp3) is 0.680. The third-order valence-electron chi connectivity index (χ3n) is 7.70. The van der Waals surface area contributed by atoms with Gasteiger partial charge in [-0.05, 0) is 64.4 Å². The molecule has 0 aromatic carbocycles. The number of imidazole rings is 1. The van der Waals surface area contributed by atoms with Gasteiger partial charge in [-0.25, -0.2) is 4.98 Å². The molecule has 2 saturated carbocycles. The van der Waals surface area contributed by atoms with Crippen molar-refractivity contribution in [3.05, 3.63) is 18.5 Å². The van der Waals surface area contributed by atoms with Gasteiger partial charge in [-0.1, -0.05) is 18.9 Å². The van der Waals surface area contributed by atoms with Crippen LogP contribution in [0.25, 0.3) is 11.2 Å². The monoisotopic (exact) mass is 466 g/mol. The van der Waals surface area contributed by atoms with Gasteiger partial charge in [0.25, 0.3) is 0 Å². The second-order valence-corrected chi connectivity index (χ2v) is 10.2. The van der Waals surface area contributed by atoms with Gasteiger partial charge in [-0.2, -0.15) is 9.97 Å². The maximum Gasteiger partial charge on any atom is 0.246 e. The number of amides is 1. The summed E-state index contributed by atoms with van der Waals surface area (Å²) in [4.78, 5) is 28.7. The first-order valence-electron chi connectivity index (χ1n) is 13.1. The molecule has 2 aromatic rings. The van der Waals surface area contributed by atoms with E-state index in [9.17, 15) is 4.79 Å². The normalized spacial score (nSPS) is 24.8. The van der Waals surface area contributed by atoms with Crippen molar-refractivity contribution in [2.75, 3.05) is 23.7 Å². The Hall–Kier alpha value is -2.68. The van der Waals surface area contributed by atoms with Crippen LogP contribution in [0.5, 0.6) is 0 Å². The lowest BCUT2D eigenvalue weighted by molar-refractivity contribution is -0.126. The first-order chi connectivity index (χ1) is 16.6. The minimum atomic E-state index is 0.0966. The fourth-order valence-corrected chi connectivity index (χ4v) is 5.66. The Morgan fingerprint density at radius 2 is 1.71 bits per heavy atom. The largest absolute Gasteiger partial charge is 0.365 e. The Balaban J connectivity index is 1.37. The lowest BCUT2D eigenvalue weighted by Crippen LogP contribution is -2.41. The minimum absolute atomic E-state index is 0.0966. The van der Waals surface area contributed by atoms with Crippen molar-refractivity contribution in [3.8, 4) is 0 Å². The van der Waals surface area contributed by atoms with E-state index in [1.165, 1.54) is 25.7 Å². The Morgan fingerprint density at radius 1 is 1.00 bits per heavy atom. The highest BCUT2D eigenvalue weighted by molar-refractivity contribution is 5.87. The van der Waals surface area contributed by atoms with Crippen LogP contribution in [0.2, 0.25) is 0 Å². The van der Waals surface area contributed by atoms with Gasteiger partial charge < -0.3 is 25.8 Å². The molecule has 0 bridgehead atoms. The molecule has 184 valence electrons. The number of anilines is 2. The Morgan fingerprint density at radius 3 is 2.41 bits per heavy atom. The minimum Gasteiger partial charge on any atom is -0.365 e. The Bertz CT molecular complexity index is 1010. The number of hydrogen-bond donors (Lipinski definition) is 3. The summed E-state index contributed by atoms with van der Waals surface area (Å²) in [5.41, 5.74) is 7.86. The van der Waals surface area contributed by atoms with Crippen molar-refractivity contribution < 1.29 is 4.79 Å². The van der Waals surface area contributed by atoms with E-state index in [1.54, 1.807) is 12.2 Å². The fourth-order valence-electron chi connectivity index (χ4n) is 5.66. The summed E-state index contributed by atoms with van der Waals surface area (Å²) in [5.74, 6) is 1.57. The van der Waals surface area contributed by atoms with Crippen LogP contribution in [0, 0.1) is 0 Å². The average molecular weight is 467 g/mol. The molecule has 9 heteroatoms. The van der Waals surface area contributed by atoms with E-state index in [-0.39, 0.29) is 11.9 Å². The van der Waals surface area contributed by atoms with Crippen LogP contribution in [-0.2, 0) is 4.79 Å². The second kappa shape index (κ2) is 10.3. The summed E-state index contributed by atoms with van der Waals surface area (Å²) in [5, 5.41) is 7.26. The summed E-state index contributed by atoms with van der Waals surface area (Å²) in [6.07, 6.45) is 16.2. The van der Waals surface area contributed by atoms with Crippen molar-refractivity contribution in [2.24, 2.45) is 5.73 Å². The molecule has 1 saturated heterocycles. The molecule has 3 fully saturated rings. The third kappa shape index (κ3) is 5.04. The molecule has 3 heterocycles. The third-order valence-corrected chi connectivity index (χ3v) is 7.70. The van der Waals surface area contributed by atoms with Crippen LogP contribution in [0.4, 0.5) is 11.8 Å². The summed E-state index contributed by atoms with van der Waals surface area (Å²) in [6.45, 7) is 3.38. The standard InChI is InChI=1S/C25H38N8O/c1-2-5-21(34)32-14-12-19(13-15-32)28-23-22-24(33(16-27-22)20-6-3-4-7-20)31-25(30-23)29-18-10-8-17(26)9-11-18/h2,5,16-20H,3-4,6-15,26H2,1H3,(H2,28,29,30,31). The zero-order valence-corrected chi connectivity index (χ0v) is 20.2. The predicted molar refractivity (Wildman–Crippen MR) is 135 cm³/mol. The van der Waals surface area contributed by atoms with E-state index in [1.807, 2.05) is 18.2 Å². The molecular weight excluding hydrogens is 428 g/mol. The van der Waals surface area contributed by atoms with Gasteiger partial charge in [-0.3, -0.25) is 4.79 Å². The molecule has 0 atom stereocenters. The molecule has 1 amide bonds. The number of carbonyl (C=O) groups is 1. The van der Waals surface area contributed by atoms with Gasteiger partial charge in [0.05, 0.1) is 6.33 Å². The number of carbonyl (C=O) groups excluding carboxylic acids is 1. The number of nitrogens with two attached hydrogens (primary N) is 1. The number of likely N-dealkylation sites (tertiary alicyclic amines) is 1. The molecule has 1 aliphatic heterocycles. The highest BCUT2D eigenvalue weighted by Crippen LogP contribution is 2.33. The number of rotatable bonds is 6. The number of nitrogens with one attached hydrogen (secondary N) is 2. The van der Waals surface area contributed by atoms with E-state index in [4.69, 9.17) is 20.7 Å². The first kappa shape index (κ1) is 23.1. The summed E-state index contributed by atoms with van der Waals surface area (Å²) in [6, 6.07) is 1.39. The molecule has 9 nitrogen and oxygen atoms in total. The van der Waals surface area contributed by atoms with Crippen molar-refractivity contribution in [2.45, 2.75) is 95.3 Å². The number of nitrogens with zero attached hydrogens (tertiary/aromatic N) is 5. The number of aromatic nitrogens is 4. The number of allylic oxidation sites excluding steroid dienone is 1. The molecule has 2 aromatic heterocycles. The highest BCUT2D eigenvalue weighted by atomic mass is 16.2. The van der Waals surface area contributed by atoms with Crippen LogP contribution in [0.1, 0.15) is 77.2 Å². The Kier molecular flexibility index (Phi) is 6.99. The van der Waals surface area contributed by atoms with E-state index in [0.29, 0.717) is 24.1 Å². The van der Waals surface area contributed by atoms with Crippen LogP contribution in [0.3, 0.4) is 0 Å². The van der Waals surface area contributed by atoms with Crippen LogP contribution in [-0.4, -0.2) is 61.5 Å². The second-order valence-electron chi connectivity index (χ2n) is 10.2. The highest BCUT2D eigenvalue weighted by Gasteiger charge is 2.26. The van der Waals surface area contributed by atoms with Crippen molar-refractivity contribution in [1.82, 2.24) is 24.4 Å². The average Bonchev–Trinajstić information content (AvgIpc) is 3.51. The topological polar surface area (TPSA) is 114 Å². The van der Waals surface area contributed by atoms with Crippen molar-refractivity contribution in [3.63, 3.8) is 0 Å². The Labute approximate surface area is 201 Å². The number of hydrogen-bond acceptors (Lipinski definition) is 7. The molecule has 4 N–H and O–H groups in total. The number of fused-ring (bicyclic) bond motifs is 1. The van der Waals surface area contributed by atoms with Crippen molar-refractivity contribution >= 4 is 28.8 Å². The van der Waals surface area contributed by atoms with E-state index < -0.39 is 0 Å². The van der Waals surface area contributed by atoms with Gasteiger partial charge in [0, 0.05) is 37.3 Å². The van der Waals surface area contributed by atoms with Gasteiger partial charge in [0.2, 0.25) is 11.9 Å². The van der Waals surface area contributed by atoms with E-state index >= 15 is 0 Å². The molecule has 34 heavy (non-hydrogen) atoms. The molecule has 5 rings (SSSR count). The van der Waals surface area contributed by atoms with E-state index in [0.717, 1.165) is 68.6 Å². The van der Waals surface area contributed by atoms with Gasteiger partial charge >= 0.3 is 0 Å². The molecule has 0 spiro atoms. The van der Waals surface area contributed by atoms with Crippen molar-refractivity contribution in [1.29, 1.82) is 0 Å².